The van der Waals surface area contributed by atoms with E-state index in [1.165, 1.54) is 0 Å². The largest absolute Gasteiger partial charge is 0.299 e. The number of Topliss-reactive ketones (excluding diaryl/α,β-unsaturated/α-hetero) is 1. The molecule has 0 amide bonds. The number of H-pyrrole nitrogens is 1. The van der Waals surface area contributed by atoms with E-state index in [9.17, 15) is 4.79 Å². The summed E-state index contributed by atoms with van der Waals surface area (Å²) in [6.45, 7) is 5.57. The Kier molecular flexibility index (Phi) is 2.58. The van der Waals surface area contributed by atoms with Crippen molar-refractivity contribution in [2.45, 2.75) is 27.2 Å². The molecule has 1 heterocycles. The molecule has 66 valence electrons. The van der Waals surface area contributed by atoms with E-state index in [0.717, 1.165) is 5.82 Å². The molecule has 4 heteroatoms. The van der Waals surface area contributed by atoms with Crippen LogP contribution < -0.4 is 0 Å². The first kappa shape index (κ1) is 8.90. The maximum absolute atomic E-state index is 11.2. The highest BCUT2D eigenvalue weighted by Gasteiger charge is 2.10. The van der Waals surface area contributed by atoms with Crippen LogP contribution >= 0.6 is 0 Å². The van der Waals surface area contributed by atoms with E-state index in [2.05, 4.69) is 15.2 Å². The van der Waals surface area contributed by atoms with Crippen molar-refractivity contribution in [1.29, 1.82) is 0 Å². The average molecular weight is 167 g/mol. The number of hydrogen-bond acceptors (Lipinski definition) is 3. The van der Waals surface area contributed by atoms with E-state index in [-0.39, 0.29) is 11.7 Å². The van der Waals surface area contributed by atoms with E-state index in [4.69, 9.17) is 0 Å². The van der Waals surface area contributed by atoms with Crippen molar-refractivity contribution in [3.8, 4) is 0 Å². The zero-order chi connectivity index (χ0) is 9.14. The number of nitrogens with zero attached hydrogens (tertiary/aromatic N) is 2. The van der Waals surface area contributed by atoms with Gasteiger partial charge in [0.25, 0.3) is 0 Å². The number of ketones is 1. The molecule has 0 aliphatic rings. The number of rotatable bonds is 3. The first-order chi connectivity index (χ1) is 5.59. The summed E-state index contributed by atoms with van der Waals surface area (Å²) < 4.78 is 0. The molecule has 0 aromatic carbocycles. The van der Waals surface area contributed by atoms with Crippen molar-refractivity contribution < 1.29 is 4.79 Å². The molecule has 0 radical (unpaired) electrons. The third-order valence-corrected chi connectivity index (χ3v) is 1.62. The van der Waals surface area contributed by atoms with Gasteiger partial charge >= 0.3 is 0 Å². The first-order valence-corrected chi connectivity index (χ1v) is 4.00. The summed E-state index contributed by atoms with van der Waals surface area (Å²) >= 11 is 0. The number of aromatic nitrogens is 3. The quantitative estimate of drug-likeness (QED) is 0.727. The molecule has 0 bridgehead atoms. The van der Waals surface area contributed by atoms with Crippen LogP contribution in [0.25, 0.3) is 0 Å². The summed E-state index contributed by atoms with van der Waals surface area (Å²) in [6.07, 6.45) is 0.335. The Hall–Kier alpha value is -1.19. The van der Waals surface area contributed by atoms with Crippen LogP contribution in [0.3, 0.4) is 0 Å². The second-order valence-electron chi connectivity index (χ2n) is 3.13. The van der Waals surface area contributed by atoms with Gasteiger partial charge in [-0.05, 0) is 6.92 Å². The van der Waals surface area contributed by atoms with Crippen molar-refractivity contribution in [2.24, 2.45) is 5.92 Å². The van der Waals surface area contributed by atoms with Crippen molar-refractivity contribution in [3.05, 3.63) is 11.6 Å². The normalized spacial score (nSPS) is 10.7. The van der Waals surface area contributed by atoms with Gasteiger partial charge in [-0.15, -0.1) is 0 Å². The van der Waals surface area contributed by atoms with E-state index < -0.39 is 0 Å². The standard InChI is InChI=1S/C8H13N3O/c1-5(2)7(12)4-8-9-6(3)10-11-8/h5H,4H2,1-3H3,(H,9,10,11). The third kappa shape index (κ3) is 2.15. The molecule has 0 saturated carbocycles. The molecule has 4 nitrogen and oxygen atoms in total. The van der Waals surface area contributed by atoms with Crippen LogP contribution in [-0.2, 0) is 11.2 Å². The van der Waals surface area contributed by atoms with Gasteiger partial charge in [-0.25, -0.2) is 4.98 Å². The molecule has 0 atom stereocenters. The SMILES string of the molecule is Cc1nc(CC(=O)C(C)C)n[nH]1. The molecule has 1 rings (SSSR count). The number of nitrogens with one attached hydrogen (secondary N) is 1. The lowest BCUT2D eigenvalue weighted by molar-refractivity contribution is -0.121. The third-order valence-electron chi connectivity index (χ3n) is 1.62. The zero-order valence-electron chi connectivity index (χ0n) is 7.59. The molecule has 1 N–H and O–H groups in total. The van der Waals surface area contributed by atoms with Crippen LogP contribution in [0.4, 0.5) is 0 Å². The molecule has 0 spiro atoms. The van der Waals surface area contributed by atoms with Crippen LogP contribution in [0.1, 0.15) is 25.5 Å². The van der Waals surface area contributed by atoms with Gasteiger partial charge in [-0.2, -0.15) is 5.10 Å². The summed E-state index contributed by atoms with van der Waals surface area (Å²) in [5, 5.41) is 6.58. The average Bonchev–Trinajstić information content (AvgIpc) is 2.35. The predicted molar refractivity (Wildman–Crippen MR) is 44.7 cm³/mol. The smallest absolute Gasteiger partial charge is 0.158 e. The second-order valence-corrected chi connectivity index (χ2v) is 3.13. The highest BCUT2D eigenvalue weighted by atomic mass is 16.1. The van der Waals surface area contributed by atoms with Gasteiger partial charge < -0.3 is 0 Å². The molecule has 1 aromatic rings. The Morgan fingerprint density at radius 2 is 2.25 bits per heavy atom. The van der Waals surface area contributed by atoms with Gasteiger partial charge in [0.1, 0.15) is 11.6 Å². The van der Waals surface area contributed by atoms with Crippen molar-refractivity contribution in [2.75, 3.05) is 0 Å². The van der Waals surface area contributed by atoms with Gasteiger partial charge in [-0.3, -0.25) is 9.89 Å². The number of hydrogen-bond donors (Lipinski definition) is 1. The molecule has 0 aliphatic carbocycles. The summed E-state index contributed by atoms with van der Waals surface area (Å²) in [4.78, 5) is 15.3. The Morgan fingerprint density at radius 1 is 1.58 bits per heavy atom. The monoisotopic (exact) mass is 167 g/mol. The Bertz CT molecular complexity index is 278. The fourth-order valence-corrected chi connectivity index (χ4v) is 0.828. The summed E-state index contributed by atoms with van der Waals surface area (Å²) in [7, 11) is 0. The fraction of sp³-hybridized carbons (Fsp3) is 0.625. The predicted octanol–water partition coefficient (Wildman–Crippen LogP) is 0.881. The lowest BCUT2D eigenvalue weighted by Gasteiger charge is -1.98. The first-order valence-electron chi connectivity index (χ1n) is 4.00. The summed E-state index contributed by atoms with van der Waals surface area (Å²) in [5.41, 5.74) is 0. The summed E-state index contributed by atoms with van der Waals surface area (Å²) in [5.74, 6) is 1.57. The molecular weight excluding hydrogens is 154 g/mol. The molecule has 0 saturated heterocycles. The second kappa shape index (κ2) is 3.47. The van der Waals surface area contributed by atoms with Gasteiger partial charge in [0.2, 0.25) is 0 Å². The maximum Gasteiger partial charge on any atom is 0.158 e. The number of carbonyl (C=O) groups excluding carboxylic acids is 1. The lowest BCUT2D eigenvalue weighted by Crippen LogP contribution is -2.11. The molecule has 0 unspecified atom stereocenters. The number of aryl methyl sites for hydroxylation is 1. The highest BCUT2D eigenvalue weighted by molar-refractivity contribution is 5.81. The maximum atomic E-state index is 11.2. The van der Waals surface area contributed by atoms with Crippen molar-refractivity contribution in [1.82, 2.24) is 15.2 Å². The van der Waals surface area contributed by atoms with Gasteiger partial charge in [0.15, 0.2) is 5.82 Å². The van der Waals surface area contributed by atoms with E-state index >= 15 is 0 Å². The molecular formula is C8H13N3O. The number of aromatic amines is 1. The minimum absolute atomic E-state index is 0.0591. The molecule has 0 aliphatic heterocycles. The van der Waals surface area contributed by atoms with Gasteiger partial charge in [0, 0.05) is 5.92 Å². The topological polar surface area (TPSA) is 58.6 Å². The van der Waals surface area contributed by atoms with E-state index in [1.54, 1.807) is 0 Å². The van der Waals surface area contributed by atoms with Gasteiger partial charge in [0.05, 0.1) is 6.42 Å². The van der Waals surface area contributed by atoms with Gasteiger partial charge in [-0.1, -0.05) is 13.8 Å². The van der Waals surface area contributed by atoms with Crippen LogP contribution in [0.15, 0.2) is 0 Å². The van der Waals surface area contributed by atoms with E-state index in [1.807, 2.05) is 20.8 Å². The highest BCUT2D eigenvalue weighted by Crippen LogP contribution is 2.00. The zero-order valence-corrected chi connectivity index (χ0v) is 7.59. The fourth-order valence-electron chi connectivity index (χ4n) is 0.828. The van der Waals surface area contributed by atoms with Crippen molar-refractivity contribution in [3.63, 3.8) is 0 Å². The number of carbonyl (C=O) groups is 1. The Morgan fingerprint density at radius 3 is 2.67 bits per heavy atom. The lowest BCUT2D eigenvalue weighted by atomic mass is 10.1. The van der Waals surface area contributed by atoms with Crippen molar-refractivity contribution >= 4 is 5.78 Å². The molecule has 1 aromatic heterocycles. The minimum Gasteiger partial charge on any atom is -0.299 e. The minimum atomic E-state index is 0.0591. The Labute approximate surface area is 71.4 Å². The summed E-state index contributed by atoms with van der Waals surface area (Å²) in [6, 6.07) is 0. The Balaban J connectivity index is 2.58. The molecule has 12 heavy (non-hydrogen) atoms. The van der Waals surface area contributed by atoms with Crippen LogP contribution in [-0.4, -0.2) is 21.0 Å². The van der Waals surface area contributed by atoms with Crippen LogP contribution in [0, 0.1) is 12.8 Å². The van der Waals surface area contributed by atoms with E-state index in [0.29, 0.717) is 12.2 Å². The van der Waals surface area contributed by atoms with Crippen LogP contribution in [0.5, 0.6) is 0 Å². The molecule has 0 fully saturated rings. The van der Waals surface area contributed by atoms with Crippen LogP contribution in [0.2, 0.25) is 0 Å².